The number of aliphatic carboxylic acids is 1. The highest BCUT2D eigenvalue weighted by molar-refractivity contribution is 5.73. The average Bonchev–Trinajstić information content (AvgIpc) is 1.99. The summed E-state index contributed by atoms with van der Waals surface area (Å²) in [6.45, 7) is 3.04. The van der Waals surface area contributed by atoms with E-state index in [0.717, 1.165) is 13.0 Å². The lowest BCUT2D eigenvalue weighted by Gasteiger charge is -2.22. The van der Waals surface area contributed by atoms with Crippen molar-refractivity contribution < 1.29 is 14.6 Å². The van der Waals surface area contributed by atoms with Crippen molar-refractivity contribution >= 4 is 5.97 Å². The minimum absolute atomic E-state index is 0.242. The second kappa shape index (κ2) is 5.97. The predicted octanol–water partition coefficient (Wildman–Crippen LogP) is 0.428. The van der Waals surface area contributed by atoms with Crippen LogP contribution in [0, 0.1) is 0 Å². The average molecular weight is 175 g/mol. The Labute approximate surface area is 73.1 Å². The molecule has 0 aromatic rings. The lowest BCUT2D eigenvalue weighted by Crippen LogP contribution is -2.42. The van der Waals surface area contributed by atoms with Gasteiger partial charge in [0.2, 0.25) is 0 Å². The van der Waals surface area contributed by atoms with E-state index in [1.54, 1.807) is 11.9 Å². The van der Waals surface area contributed by atoms with Crippen LogP contribution in [0.15, 0.2) is 0 Å². The van der Waals surface area contributed by atoms with Crippen molar-refractivity contribution in [1.29, 1.82) is 0 Å². The quantitative estimate of drug-likeness (QED) is 0.636. The third-order valence-corrected chi connectivity index (χ3v) is 1.72. The Balaban J connectivity index is 3.99. The molecule has 0 bridgehead atoms. The molecule has 0 radical (unpaired) electrons. The molecule has 0 saturated carbocycles. The highest BCUT2D eigenvalue weighted by Crippen LogP contribution is 1.98. The van der Waals surface area contributed by atoms with Gasteiger partial charge in [0.25, 0.3) is 0 Å². The number of carbonyl (C=O) groups is 1. The summed E-state index contributed by atoms with van der Waals surface area (Å²) in [5.74, 6) is -0.826. The van der Waals surface area contributed by atoms with Crippen molar-refractivity contribution in [3.63, 3.8) is 0 Å². The monoisotopic (exact) mass is 175 g/mol. The number of nitrogens with zero attached hydrogens (tertiary/aromatic N) is 1. The van der Waals surface area contributed by atoms with Crippen LogP contribution in [0.25, 0.3) is 0 Å². The molecule has 0 aliphatic carbocycles. The number of rotatable bonds is 6. The van der Waals surface area contributed by atoms with Gasteiger partial charge in [0, 0.05) is 7.11 Å². The van der Waals surface area contributed by atoms with Gasteiger partial charge in [0.05, 0.1) is 6.61 Å². The zero-order valence-electron chi connectivity index (χ0n) is 7.91. The first-order valence-electron chi connectivity index (χ1n) is 4.05. The van der Waals surface area contributed by atoms with E-state index in [9.17, 15) is 4.79 Å². The Bertz CT molecular complexity index is 138. The maximum absolute atomic E-state index is 10.7. The van der Waals surface area contributed by atoms with E-state index in [4.69, 9.17) is 9.84 Å². The molecule has 0 rings (SSSR count). The van der Waals surface area contributed by atoms with Gasteiger partial charge in [-0.05, 0) is 20.0 Å². The Morgan fingerprint density at radius 2 is 2.25 bits per heavy atom. The Kier molecular flexibility index (Phi) is 5.66. The van der Waals surface area contributed by atoms with Crippen LogP contribution in [-0.2, 0) is 9.53 Å². The Hall–Kier alpha value is -0.610. The largest absolute Gasteiger partial charge is 0.480 e. The number of carboxylic acid groups (broad SMARTS) is 1. The van der Waals surface area contributed by atoms with E-state index in [2.05, 4.69) is 0 Å². The molecule has 0 amide bonds. The van der Waals surface area contributed by atoms with Gasteiger partial charge in [-0.3, -0.25) is 9.69 Å². The van der Waals surface area contributed by atoms with Gasteiger partial charge in [-0.15, -0.1) is 0 Å². The Morgan fingerprint density at radius 1 is 1.67 bits per heavy atom. The topological polar surface area (TPSA) is 49.8 Å². The van der Waals surface area contributed by atoms with Crippen molar-refractivity contribution in [2.24, 2.45) is 0 Å². The molecule has 0 saturated heterocycles. The molecule has 12 heavy (non-hydrogen) atoms. The number of methoxy groups -OCH3 is 1. The molecule has 72 valence electrons. The van der Waals surface area contributed by atoms with Crippen LogP contribution in [0.3, 0.4) is 0 Å². The smallest absolute Gasteiger partial charge is 0.323 e. The van der Waals surface area contributed by atoms with Crippen molar-refractivity contribution in [2.75, 3.05) is 27.3 Å². The first-order valence-corrected chi connectivity index (χ1v) is 4.05. The first kappa shape index (κ1) is 11.4. The zero-order valence-corrected chi connectivity index (χ0v) is 7.91. The standard InChI is InChI=1S/C8H17NO3/c1-4-5-9(2)7(6-12-3)8(10)11/h7H,4-6H2,1-3H3,(H,10,11). The molecule has 0 heterocycles. The molecule has 4 nitrogen and oxygen atoms in total. The van der Waals surface area contributed by atoms with Gasteiger partial charge in [0.15, 0.2) is 0 Å². The highest BCUT2D eigenvalue weighted by atomic mass is 16.5. The van der Waals surface area contributed by atoms with E-state index in [1.807, 2.05) is 6.92 Å². The van der Waals surface area contributed by atoms with Crippen LogP contribution in [0.4, 0.5) is 0 Å². The molecular formula is C8H17NO3. The fourth-order valence-electron chi connectivity index (χ4n) is 1.05. The van der Waals surface area contributed by atoms with Crippen LogP contribution in [0.5, 0.6) is 0 Å². The number of ether oxygens (including phenoxy) is 1. The molecule has 0 aliphatic rings. The van der Waals surface area contributed by atoms with Gasteiger partial charge in [-0.2, -0.15) is 0 Å². The van der Waals surface area contributed by atoms with Crippen LogP contribution < -0.4 is 0 Å². The summed E-state index contributed by atoms with van der Waals surface area (Å²) in [6.07, 6.45) is 0.948. The Morgan fingerprint density at radius 3 is 2.58 bits per heavy atom. The molecule has 1 N–H and O–H groups in total. The zero-order chi connectivity index (χ0) is 9.56. The second-order valence-corrected chi connectivity index (χ2v) is 2.79. The van der Waals surface area contributed by atoms with Crippen LogP contribution in [0.2, 0.25) is 0 Å². The fourth-order valence-corrected chi connectivity index (χ4v) is 1.05. The van der Waals surface area contributed by atoms with Gasteiger partial charge in [-0.25, -0.2) is 0 Å². The molecule has 0 aromatic carbocycles. The third-order valence-electron chi connectivity index (χ3n) is 1.72. The third kappa shape index (κ3) is 3.69. The van der Waals surface area contributed by atoms with Gasteiger partial charge >= 0.3 is 5.97 Å². The summed E-state index contributed by atoms with van der Waals surface area (Å²) in [5, 5.41) is 8.78. The molecule has 0 aromatic heterocycles. The van der Waals surface area contributed by atoms with Gasteiger partial charge in [0.1, 0.15) is 6.04 Å². The predicted molar refractivity (Wildman–Crippen MR) is 46.2 cm³/mol. The second-order valence-electron chi connectivity index (χ2n) is 2.79. The van der Waals surface area contributed by atoms with Crippen molar-refractivity contribution in [3.8, 4) is 0 Å². The summed E-state index contributed by atoms with van der Waals surface area (Å²) in [6, 6.07) is -0.519. The van der Waals surface area contributed by atoms with Gasteiger partial charge < -0.3 is 9.84 Å². The van der Waals surface area contributed by atoms with E-state index in [1.165, 1.54) is 7.11 Å². The van der Waals surface area contributed by atoms with Gasteiger partial charge in [-0.1, -0.05) is 6.92 Å². The maximum atomic E-state index is 10.7. The molecule has 1 unspecified atom stereocenters. The number of hydrogen-bond donors (Lipinski definition) is 1. The number of hydrogen-bond acceptors (Lipinski definition) is 3. The summed E-state index contributed by atoms with van der Waals surface area (Å²) in [4.78, 5) is 12.5. The van der Waals surface area contributed by atoms with Crippen molar-refractivity contribution in [3.05, 3.63) is 0 Å². The summed E-state index contributed by atoms with van der Waals surface area (Å²) in [7, 11) is 3.30. The molecule has 1 atom stereocenters. The van der Waals surface area contributed by atoms with Crippen LogP contribution in [0.1, 0.15) is 13.3 Å². The SMILES string of the molecule is CCCN(C)C(COC)C(=O)O. The van der Waals surface area contributed by atoms with E-state index in [0.29, 0.717) is 0 Å². The minimum Gasteiger partial charge on any atom is -0.480 e. The molecular weight excluding hydrogens is 158 g/mol. The number of carboxylic acids is 1. The van der Waals surface area contributed by atoms with E-state index < -0.39 is 12.0 Å². The molecule has 0 fully saturated rings. The van der Waals surface area contributed by atoms with Crippen LogP contribution >= 0.6 is 0 Å². The van der Waals surface area contributed by atoms with Crippen LogP contribution in [-0.4, -0.2) is 49.3 Å². The normalized spacial score (nSPS) is 13.3. The molecule has 0 spiro atoms. The molecule has 4 heteroatoms. The summed E-state index contributed by atoms with van der Waals surface area (Å²) < 4.78 is 4.81. The fraction of sp³-hybridized carbons (Fsp3) is 0.875. The minimum atomic E-state index is -0.826. The van der Waals surface area contributed by atoms with Crippen molar-refractivity contribution in [2.45, 2.75) is 19.4 Å². The summed E-state index contributed by atoms with van der Waals surface area (Å²) in [5.41, 5.74) is 0. The lowest BCUT2D eigenvalue weighted by molar-refractivity contribution is -0.144. The maximum Gasteiger partial charge on any atom is 0.323 e. The lowest BCUT2D eigenvalue weighted by atomic mass is 10.2. The highest BCUT2D eigenvalue weighted by Gasteiger charge is 2.21. The number of likely N-dealkylation sites (N-methyl/N-ethyl adjacent to an activating group) is 1. The summed E-state index contributed by atoms with van der Waals surface area (Å²) >= 11 is 0. The first-order chi connectivity index (χ1) is 5.63. The van der Waals surface area contributed by atoms with Crippen molar-refractivity contribution in [1.82, 2.24) is 4.90 Å². The van der Waals surface area contributed by atoms with E-state index >= 15 is 0 Å². The molecule has 0 aliphatic heterocycles. The van der Waals surface area contributed by atoms with E-state index in [-0.39, 0.29) is 6.61 Å².